The van der Waals surface area contributed by atoms with E-state index in [1.165, 1.54) is 26.4 Å². The summed E-state index contributed by atoms with van der Waals surface area (Å²) < 4.78 is 4.61. The van der Waals surface area contributed by atoms with Crippen LogP contribution in [0.2, 0.25) is 0 Å². The van der Waals surface area contributed by atoms with Gasteiger partial charge in [-0.05, 0) is 25.8 Å². The van der Waals surface area contributed by atoms with E-state index in [0.717, 1.165) is 17.5 Å². The van der Waals surface area contributed by atoms with Crippen LogP contribution in [0.15, 0.2) is 0 Å². The first kappa shape index (κ1) is 12.8. The van der Waals surface area contributed by atoms with E-state index in [2.05, 4.69) is 17.0 Å². The van der Waals surface area contributed by atoms with Crippen LogP contribution in [0.3, 0.4) is 0 Å². The van der Waals surface area contributed by atoms with Gasteiger partial charge < -0.3 is 10.1 Å². The van der Waals surface area contributed by atoms with Gasteiger partial charge in [0.15, 0.2) is 0 Å². The summed E-state index contributed by atoms with van der Waals surface area (Å²) in [5, 5.41) is 4.21. The monoisotopic (exact) mass is 231 g/mol. The van der Waals surface area contributed by atoms with Crippen molar-refractivity contribution in [3.05, 3.63) is 0 Å². The van der Waals surface area contributed by atoms with E-state index in [4.69, 9.17) is 0 Å². The molecule has 2 atom stereocenters. The number of carbonyl (C=O) groups is 1. The number of methoxy groups -OCH3 is 1. The Morgan fingerprint density at radius 2 is 2.33 bits per heavy atom. The lowest BCUT2D eigenvalue weighted by molar-refractivity contribution is -0.140. The first-order valence-electron chi connectivity index (χ1n) is 5.68. The minimum Gasteiger partial charge on any atom is -0.469 e. The maximum absolute atomic E-state index is 10.9. The maximum atomic E-state index is 10.9. The zero-order valence-electron chi connectivity index (χ0n) is 9.62. The third kappa shape index (κ3) is 4.89. The fraction of sp³-hybridized carbons (Fsp3) is 0.909. The van der Waals surface area contributed by atoms with Gasteiger partial charge in [-0.3, -0.25) is 4.79 Å². The molecule has 2 unspecified atom stereocenters. The van der Waals surface area contributed by atoms with Crippen LogP contribution >= 0.6 is 11.8 Å². The summed E-state index contributed by atoms with van der Waals surface area (Å²) in [6.07, 6.45) is 4.36. The van der Waals surface area contributed by atoms with Crippen LogP contribution in [-0.2, 0) is 9.53 Å². The van der Waals surface area contributed by atoms with Gasteiger partial charge in [0.1, 0.15) is 0 Å². The Labute approximate surface area is 96.3 Å². The highest BCUT2D eigenvalue weighted by molar-refractivity contribution is 7.99. The largest absolute Gasteiger partial charge is 0.469 e. The topological polar surface area (TPSA) is 38.3 Å². The molecule has 1 aliphatic carbocycles. The van der Waals surface area contributed by atoms with Crippen molar-refractivity contribution in [2.75, 3.05) is 19.4 Å². The third-order valence-electron chi connectivity index (χ3n) is 2.76. The number of hydrogen-bond donors (Lipinski definition) is 1. The fourth-order valence-electron chi connectivity index (χ4n) is 1.98. The van der Waals surface area contributed by atoms with Gasteiger partial charge in [0.25, 0.3) is 0 Å². The second-order valence-electron chi connectivity index (χ2n) is 3.89. The molecule has 0 heterocycles. The number of ether oxygens (including phenoxy) is 1. The molecule has 0 aromatic heterocycles. The number of rotatable bonds is 6. The van der Waals surface area contributed by atoms with Gasteiger partial charge in [-0.15, -0.1) is 0 Å². The lowest BCUT2D eigenvalue weighted by Gasteiger charge is -2.11. The quantitative estimate of drug-likeness (QED) is 0.708. The Morgan fingerprint density at radius 1 is 1.53 bits per heavy atom. The Kier molecular flexibility index (Phi) is 6.10. The maximum Gasteiger partial charge on any atom is 0.306 e. The lowest BCUT2D eigenvalue weighted by atomic mass is 10.2. The Balaban J connectivity index is 2.06. The van der Waals surface area contributed by atoms with E-state index < -0.39 is 0 Å². The van der Waals surface area contributed by atoms with Crippen LogP contribution in [0.4, 0.5) is 0 Å². The van der Waals surface area contributed by atoms with E-state index in [1.54, 1.807) is 0 Å². The predicted molar refractivity (Wildman–Crippen MR) is 64.2 cm³/mol. The Bertz CT molecular complexity index is 199. The fourth-order valence-corrected chi connectivity index (χ4v) is 3.27. The SMILES string of the molecule is CCNC1CCC(SCCC(=O)OC)C1. The first-order chi connectivity index (χ1) is 7.26. The molecule has 0 bridgehead atoms. The van der Waals surface area contributed by atoms with Crippen LogP contribution in [0.1, 0.15) is 32.6 Å². The molecular weight excluding hydrogens is 210 g/mol. The van der Waals surface area contributed by atoms with Crippen LogP contribution < -0.4 is 5.32 Å². The van der Waals surface area contributed by atoms with Crippen LogP contribution in [-0.4, -0.2) is 36.7 Å². The first-order valence-corrected chi connectivity index (χ1v) is 6.73. The summed E-state index contributed by atoms with van der Waals surface area (Å²) in [4.78, 5) is 10.9. The minimum atomic E-state index is -0.0938. The van der Waals surface area contributed by atoms with Gasteiger partial charge in [0, 0.05) is 17.0 Å². The molecule has 4 heteroatoms. The lowest BCUT2D eigenvalue weighted by Crippen LogP contribution is -2.26. The molecule has 0 radical (unpaired) electrons. The van der Waals surface area contributed by atoms with E-state index in [9.17, 15) is 4.79 Å². The van der Waals surface area contributed by atoms with Gasteiger partial charge in [-0.25, -0.2) is 0 Å². The molecule has 88 valence electrons. The van der Waals surface area contributed by atoms with Gasteiger partial charge in [-0.2, -0.15) is 11.8 Å². The standard InChI is InChI=1S/C11H21NO2S/c1-3-12-9-4-5-10(8-9)15-7-6-11(13)14-2/h9-10,12H,3-8H2,1-2H3. The molecule has 1 rings (SSSR count). The van der Waals surface area contributed by atoms with Crippen LogP contribution in [0.5, 0.6) is 0 Å². The van der Waals surface area contributed by atoms with Crippen molar-refractivity contribution in [2.24, 2.45) is 0 Å². The molecule has 1 aliphatic rings. The summed E-state index contributed by atoms with van der Waals surface area (Å²) in [7, 11) is 1.45. The average Bonchev–Trinajstić information content (AvgIpc) is 2.66. The summed E-state index contributed by atoms with van der Waals surface area (Å²) in [5.41, 5.74) is 0. The zero-order chi connectivity index (χ0) is 11.1. The van der Waals surface area contributed by atoms with E-state index in [0.29, 0.717) is 12.5 Å². The summed E-state index contributed by atoms with van der Waals surface area (Å²) in [5.74, 6) is 0.805. The molecule has 1 saturated carbocycles. The Hall–Kier alpha value is -0.220. The number of nitrogens with one attached hydrogen (secondary N) is 1. The summed E-state index contributed by atoms with van der Waals surface area (Å²) in [6, 6.07) is 0.700. The summed E-state index contributed by atoms with van der Waals surface area (Å²) >= 11 is 1.92. The number of thioether (sulfide) groups is 1. The molecule has 0 spiro atoms. The molecule has 15 heavy (non-hydrogen) atoms. The molecule has 1 N–H and O–H groups in total. The highest BCUT2D eigenvalue weighted by atomic mass is 32.2. The smallest absolute Gasteiger partial charge is 0.306 e. The van der Waals surface area contributed by atoms with Crippen molar-refractivity contribution >= 4 is 17.7 Å². The molecule has 0 amide bonds. The minimum absolute atomic E-state index is 0.0938. The van der Waals surface area contributed by atoms with Crippen molar-refractivity contribution in [1.29, 1.82) is 0 Å². The van der Waals surface area contributed by atoms with E-state index in [-0.39, 0.29) is 5.97 Å². The van der Waals surface area contributed by atoms with Crippen LogP contribution in [0, 0.1) is 0 Å². The van der Waals surface area contributed by atoms with Crippen molar-refractivity contribution in [3.63, 3.8) is 0 Å². The van der Waals surface area contributed by atoms with E-state index in [1.807, 2.05) is 11.8 Å². The highest BCUT2D eigenvalue weighted by Gasteiger charge is 2.23. The van der Waals surface area contributed by atoms with Crippen molar-refractivity contribution in [3.8, 4) is 0 Å². The normalized spacial score (nSPS) is 25.5. The second-order valence-corrected chi connectivity index (χ2v) is 5.29. The van der Waals surface area contributed by atoms with Crippen LogP contribution in [0.25, 0.3) is 0 Å². The zero-order valence-corrected chi connectivity index (χ0v) is 10.4. The average molecular weight is 231 g/mol. The molecule has 3 nitrogen and oxygen atoms in total. The van der Waals surface area contributed by atoms with E-state index >= 15 is 0 Å². The number of esters is 1. The van der Waals surface area contributed by atoms with Gasteiger partial charge in [-0.1, -0.05) is 6.92 Å². The highest BCUT2D eigenvalue weighted by Crippen LogP contribution is 2.30. The molecule has 0 aromatic rings. The number of hydrogen-bond acceptors (Lipinski definition) is 4. The van der Waals surface area contributed by atoms with Gasteiger partial charge >= 0.3 is 5.97 Å². The molecule has 0 aliphatic heterocycles. The second kappa shape index (κ2) is 7.12. The third-order valence-corrected chi connectivity index (χ3v) is 4.10. The summed E-state index contributed by atoms with van der Waals surface area (Å²) in [6.45, 7) is 3.21. The van der Waals surface area contributed by atoms with Gasteiger partial charge in [0.05, 0.1) is 13.5 Å². The molecule has 1 fully saturated rings. The molecular formula is C11H21NO2S. The Morgan fingerprint density at radius 3 is 3.00 bits per heavy atom. The molecule has 0 aromatic carbocycles. The van der Waals surface area contributed by atoms with Crippen molar-refractivity contribution in [2.45, 2.75) is 43.9 Å². The van der Waals surface area contributed by atoms with Crippen molar-refractivity contribution < 1.29 is 9.53 Å². The number of carbonyl (C=O) groups excluding carboxylic acids is 1. The molecule has 0 saturated heterocycles. The van der Waals surface area contributed by atoms with Crippen molar-refractivity contribution in [1.82, 2.24) is 5.32 Å². The van der Waals surface area contributed by atoms with Gasteiger partial charge in [0.2, 0.25) is 0 Å². The predicted octanol–water partition coefficient (Wildman–Crippen LogP) is 1.81.